The van der Waals surface area contributed by atoms with E-state index in [-0.39, 0.29) is 20.4 Å². The van der Waals surface area contributed by atoms with Crippen molar-refractivity contribution in [3.8, 4) is 0 Å². The van der Waals surface area contributed by atoms with Crippen LogP contribution in [0.3, 0.4) is 0 Å². The summed E-state index contributed by atoms with van der Waals surface area (Å²) in [6.07, 6.45) is -3.69. The number of hydrogen-bond donors (Lipinski definition) is 0. The van der Waals surface area contributed by atoms with Crippen LogP contribution in [0, 0.1) is 6.92 Å². The average Bonchev–Trinajstić information content (AvgIpc) is 1.64. The molecule has 0 aliphatic carbocycles. The molecule has 0 heterocycles. The minimum Gasteiger partial charge on any atom is -0.542 e. The van der Waals surface area contributed by atoms with Gasteiger partial charge in [0.25, 0.3) is 0 Å². The fourth-order valence-corrected chi connectivity index (χ4v) is 0. The molecule has 0 aromatic heterocycles. The van der Waals surface area contributed by atoms with E-state index in [9.17, 15) is 13.2 Å². The summed E-state index contributed by atoms with van der Waals surface area (Å²) in [7, 11) is 0. The van der Waals surface area contributed by atoms with E-state index in [1.165, 1.54) is 6.08 Å². The molecule has 0 fully saturated rings. The molecule has 0 saturated heterocycles. The number of carbonyl (C=O) groups is 1. The van der Waals surface area contributed by atoms with Gasteiger partial charge < -0.3 is 9.90 Å². The Bertz CT molecular complexity index is 121. The van der Waals surface area contributed by atoms with Crippen molar-refractivity contribution in [2.45, 2.75) is 6.18 Å². The summed E-state index contributed by atoms with van der Waals surface area (Å²) in [5.74, 6) is -3.01. The van der Waals surface area contributed by atoms with Crippen LogP contribution in [0.2, 0.25) is 0 Å². The van der Waals surface area contributed by atoms with E-state index in [1.54, 1.807) is 0 Å². The first kappa shape index (κ1) is 16.9. The predicted octanol–water partition coefficient (Wildman–Crippen LogP) is 0.303. The van der Waals surface area contributed by atoms with Gasteiger partial charge >= 0.3 is 26.6 Å². The molecule has 11 heavy (non-hydrogen) atoms. The van der Waals surface area contributed by atoms with Gasteiger partial charge in [-0.1, -0.05) is 0 Å². The van der Waals surface area contributed by atoms with Crippen LogP contribution >= 0.6 is 0 Å². The van der Waals surface area contributed by atoms with E-state index in [1.807, 2.05) is 0 Å². The van der Waals surface area contributed by atoms with E-state index in [0.717, 1.165) is 0 Å². The van der Waals surface area contributed by atoms with E-state index in [2.05, 4.69) is 13.5 Å². The summed E-state index contributed by atoms with van der Waals surface area (Å²) in [4.78, 5) is 8.78. The van der Waals surface area contributed by atoms with Crippen LogP contribution in [0.5, 0.6) is 0 Å². The van der Waals surface area contributed by atoms with Crippen molar-refractivity contribution < 1.29 is 43.5 Å². The minimum atomic E-state index is -5.19. The zero-order valence-electron chi connectivity index (χ0n) is 5.26. The van der Waals surface area contributed by atoms with Crippen molar-refractivity contribution in [2.24, 2.45) is 0 Å². The molecule has 0 rings (SSSR count). The zero-order chi connectivity index (χ0) is 8.78. The molecule has 0 aliphatic heterocycles. The number of rotatable bonds is 0. The smallest absolute Gasteiger partial charge is 0.542 e. The number of halogens is 3. The monoisotopic (exact) mass is 260 g/mol. The molecule has 0 unspecified atom stereocenters. The van der Waals surface area contributed by atoms with Crippen LogP contribution in [0.25, 0.3) is 0 Å². The van der Waals surface area contributed by atoms with Crippen molar-refractivity contribution in [1.82, 2.24) is 0 Å². The summed E-state index contributed by atoms with van der Waals surface area (Å²) in [5.41, 5.74) is 0. The largest absolute Gasteiger partial charge is 2.00 e. The Kier molecular flexibility index (Phi) is 11.7. The second-order valence-electron chi connectivity index (χ2n) is 1.07. The quantitative estimate of drug-likeness (QED) is 0.464. The molecule has 0 atom stereocenters. The molecule has 0 spiro atoms. The Morgan fingerprint density at radius 1 is 1.55 bits per heavy atom. The van der Waals surface area contributed by atoms with Gasteiger partial charge in [-0.15, -0.1) is 0 Å². The molecule has 0 bridgehead atoms. The Hall–Kier alpha value is -0.468. The van der Waals surface area contributed by atoms with Crippen LogP contribution < -0.4 is 5.11 Å². The number of allylic oxidation sites excluding steroid dienone is 1. The van der Waals surface area contributed by atoms with E-state index >= 15 is 0 Å². The number of carboxylic acids is 1. The van der Waals surface area contributed by atoms with Crippen LogP contribution in [-0.2, 0) is 25.2 Å². The molecule has 6 heteroatoms. The Balaban J connectivity index is -0.000000140. The molecule has 0 N–H and O–H groups in total. The van der Waals surface area contributed by atoms with Gasteiger partial charge in [0, 0.05) is 0 Å². The molecular weight excluding hydrogens is 255 g/mol. The number of hydrogen-bond acceptors (Lipinski definition) is 2. The third-order valence-corrected chi connectivity index (χ3v) is 0.231. The van der Waals surface area contributed by atoms with Crippen molar-refractivity contribution >= 4 is 5.97 Å². The van der Waals surface area contributed by atoms with Crippen molar-refractivity contribution in [1.29, 1.82) is 0 Å². The SMILES string of the molecule is C=C[CH2-].O=C([O-])C(F)(F)F.[Pd+2]. The van der Waals surface area contributed by atoms with Crippen molar-refractivity contribution in [2.75, 3.05) is 0 Å². The summed E-state index contributed by atoms with van der Waals surface area (Å²) >= 11 is 0. The van der Waals surface area contributed by atoms with Crippen LogP contribution in [0.4, 0.5) is 13.2 Å². The number of carboxylic acid groups (broad SMARTS) is 1. The summed E-state index contributed by atoms with van der Waals surface area (Å²) in [6.45, 7) is 6.50. The van der Waals surface area contributed by atoms with Gasteiger partial charge in [0.1, 0.15) is 5.97 Å². The summed E-state index contributed by atoms with van der Waals surface area (Å²) < 4.78 is 31.5. The van der Waals surface area contributed by atoms with Gasteiger partial charge in [-0.25, -0.2) is 19.6 Å². The molecule has 0 amide bonds. The van der Waals surface area contributed by atoms with Gasteiger partial charge in [0.05, 0.1) is 0 Å². The fraction of sp³-hybridized carbons (Fsp3) is 0.200. The normalized spacial score (nSPS) is 8.27. The summed E-state index contributed by atoms with van der Waals surface area (Å²) in [6, 6.07) is 0. The first-order valence-electron chi connectivity index (χ1n) is 2.04. The molecule has 0 aromatic carbocycles. The standard InChI is InChI=1S/C3H5.C2HF3O2.Pd/c1-3-2;3-2(4,5)1(6)7;/h3H,1-2H2;(H,6,7);/q-1;;+2/p-1. The number of carbonyl (C=O) groups excluding carboxylic acids is 1. The van der Waals surface area contributed by atoms with E-state index < -0.39 is 12.1 Å². The van der Waals surface area contributed by atoms with E-state index in [4.69, 9.17) is 9.90 Å². The Labute approximate surface area is 75.7 Å². The first-order chi connectivity index (χ1) is 4.36. The third kappa shape index (κ3) is 17.7. The van der Waals surface area contributed by atoms with Crippen molar-refractivity contribution in [3.63, 3.8) is 0 Å². The fourth-order valence-electron chi connectivity index (χ4n) is 0. The number of alkyl halides is 3. The second-order valence-corrected chi connectivity index (χ2v) is 1.07. The van der Waals surface area contributed by atoms with E-state index in [0.29, 0.717) is 0 Å². The molecule has 2 nitrogen and oxygen atoms in total. The van der Waals surface area contributed by atoms with Gasteiger partial charge in [0.2, 0.25) is 0 Å². The van der Waals surface area contributed by atoms with Crippen LogP contribution in [0.15, 0.2) is 12.7 Å². The topological polar surface area (TPSA) is 40.1 Å². The maximum atomic E-state index is 10.5. The molecule has 0 saturated carbocycles. The van der Waals surface area contributed by atoms with Gasteiger partial charge in [-0.05, 0) is 0 Å². The molecule has 68 valence electrons. The third-order valence-electron chi connectivity index (χ3n) is 0.231. The van der Waals surface area contributed by atoms with Gasteiger partial charge in [0.15, 0.2) is 0 Å². The van der Waals surface area contributed by atoms with Crippen LogP contribution in [-0.4, -0.2) is 12.1 Å². The molecular formula is C5H5F3O2Pd. The minimum absolute atomic E-state index is 0. The molecule has 0 radical (unpaired) electrons. The average molecular weight is 261 g/mol. The predicted molar refractivity (Wildman–Crippen MR) is 26.6 cm³/mol. The second kappa shape index (κ2) is 7.64. The Morgan fingerprint density at radius 2 is 1.64 bits per heavy atom. The number of aliphatic carboxylic acids is 1. The molecule has 0 aromatic rings. The Morgan fingerprint density at radius 3 is 1.64 bits per heavy atom. The maximum Gasteiger partial charge on any atom is 2.00 e. The molecule has 0 aliphatic rings. The zero-order valence-corrected chi connectivity index (χ0v) is 6.81. The first-order valence-corrected chi connectivity index (χ1v) is 2.04. The maximum absolute atomic E-state index is 10.5. The van der Waals surface area contributed by atoms with Gasteiger partial charge in [-0.3, -0.25) is 0 Å². The summed E-state index contributed by atoms with van der Waals surface area (Å²) in [5, 5.41) is 8.78. The van der Waals surface area contributed by atoms with Crippen LogP contribution in [0.1, 0.15) is 0 Å². The van der Waals surface area contributed by atoms with Crippen molar-refractivity contribution in [3.05, 3.63) is 19.6 Å². The van der Waals surface area contributed by atoms with Gasteiger partial charge in [-0.2, -0.15) is 13.2 Å².